The van der Waals surface area contributed by atoms with Gasteiger partial charge in [-0.15, -0.1) is 0 Å². The van der Waals surface area contributed by atoms with Crippen molar-refractivity contribution in [3.8, 4) is 5.75 Å². The first kappa shape index (κ1) is 31.5. The Kier molecular flexibility index (Phi) is 10.2. The summed E-state index contributed by atoms with van der Waals surface area (Å²) >= 11 is 13.2. The maximum absolute atomic E-state index is 13.3. The summed E-state index contributed by atoms with van der Waals surface area (Å²) in [6, 6.07) is 14.9. The van der Waals surface area contributed by atoms with E-state index >= 15 is 0 Å². The lowest BCUT2D eigenvalue weighted by molar-refractivity contribution is -0.127. The molecule has 4 rings (SSSR count). The lowest BCUT2D eigenvalue weighted by atomic mass is 10.1. The number of nitrogens with zero attached hydrogens (tertiary/aromatic N) is 2. The Morgan fingerprint density at radius 1 is 1.00 bits per heavy atom. The molecule has 0 unspecified atom stereocenters. The van der Waals surface area contributed by atoms with Gasteiger partial charge in [-0.25, -0.2) is 0 Å². The monoisotopic (exact) mass is 625 g/mol. The number of thioether (sulfide) groups is 1. The van der Waals surface area contributed by atoms with Crippen molar-refractivity contribution in [1.29, 1.82) is 0 Å². The number of rotatable bonds is 10. The van der Waals surface area contributed by atoms with Gasteiger partial charge in [0.1, 0.15) is 18.9 Å². The molecule has 1 heterocycles. The fraction of sp³-hybridized carbons (Fsp3) is 0.281. The van der Waals surface area contributed by atoms with Gasteiger partial charge in [-0.1, -0.05) is 47.0 Å². The highest BCUT2D eigenvalue weighted by molar-refractivity contribution is 8.18. The van der Waals surface area contributed by atoms with Crippen LogP contribution in [-0.4, -0.2) is 41.6 Å². The molecule has 3 amide bonds. The molecule has 0 aliphatic carbocycles. The van der Waals surface area contributed by atoms with Gasteiger partial charge in [-0.05, 0) is 87.8 Å². The third-order valence-corrected chi connectivity index (χ3v) is 8.42. The molecule has 10 heteroatoms. The van der Waals surface area contributed by atoms with E-state index in [4.69, 9.17) is 27.9 Å². The van der Waals surface area contributed by atoms with Crippen molar-refractivity contribution in [1.82, 2.24) is 4.90 Å². The summed E-state index contributed by atoms with van der Waals surface area (Å²) in [7, 11) is 0. The lowest BCUT2D eigenvalue weighted by Gasteiger charge is -2.22. The van der Waals surface area contributed by atoms with Crippen LogP contribution in [0.25, 0.3) is 6.08 Å². The molecule has 0 radical (unpaired) electrons. The molecule has 1 fully saturated rings. The van der Waals surface area contributed by atoms with Crippen molar-refractivity contribution in [3.05, 3.63) is 91.3 Å². The molecule has 3 aromatic rings. The Bertz CT molecular complexity index is 1550. The number of anilines is 2. The van der Waals surface area contributed by atoms with Gasteiger partial charge in [0.25, 0.3) is 11.1 Å². The smallest absolute Gasteiger partial charge is 0.294 e. The predicted molar refractivity (Wildman–Crippen MR) is 173 cm³/mol. The van der Waals surface area contributed by atoms with Gasteiger partial charge in [0, 0.05) is 51.7 Å². The molecule has 3 aromatic carbocycles. The maximum Gasteiger partial charge on any atom is 0.294 e. The van der Waals surface area contributed by atoms with E-state index in [9.17, 15) is 14.4 Å². The SMILES string of the molecule is CCN(CC)c1ccc(C=C2SC(=O)N(CC(=O)Nc3c(C)cc(C)cc3C)C2=O)c(OCc2ccc(Cl)cc2Cl)c1. The molecule has 0 bridgehead atoms. The van der Waals surface area contributed by atoms with Crippen LogP contribution in [0.4, 0.5) is 16.2 Å². The minimum absolute atomic E-state index is 0.179. The van der Waals surface area contributed by atoms with Crippen LogP contribution in [0.3, 0.4) is 0 Å². The van der Waals surface area contributed by atoms with Crippen molar-refractivity contribution in [3.63, 3.8) is 0 Å². The maximum atomic E-state index is 13.3. The number of ether oxygens (including phenoxy) is 1. The number of halogens is 2. The second-order valence-corrected chi connectivity index (χ2v) is 11.8. The summed E-state index contributed by atoms with van der Waals surface area (Å²) in [5.41, 5.74) is 5.93. The van der Waals surface area contributed by atoms with Crippen molar-refractivity contribution in [2.24, 2.45) is 0 Å². The van der Waals surface area contributed by atoms with Crippen LogP contribution >= 0.6 is 35.0 Å². The van der Waals surface area contributed by atoms with Crippen molar-refractivity contribution < 1.29 is 19.1 Å². The molecule has 7 nitrogen and oxygen atoms in total. The summed E-state index contributed by atoms with van der Waals surface area (Å²) in [4.78, 5) is 42.3. The Hall–Kier alpha value is -3.46. The average Bonchev–Trinajstić information content (AvgIpc) is 3.19. The number of carbonyl (C=O) groups is 3. The highest BCUT2D eigenvalue weighted by Gasteiger charge is 2.36. The van der Waals surface area contributed by atoms with E-state index in [0.717, 1.165) is 57.7 Å². The quantitative estimate of drug-likeness (QED) is 0.230. The zero-order chi connectivity index (χ0) is 30.6. The molecule has 220 valence electrons. The predicted octanol–water partition coefficient (Wildman–Crippen LogP) is 8.02. The van der Waals surface area contributed by atoms with Gasteiger partial charge in [0.05, 0.1) is 4.91 Å². The van der Waals surface area contributed by atoms with Crippen molar-refractivity contribution >= 4 is 69.5 Å². The van der Waals surface area contributed by atoms with Crippen molar-refractivity contribution in [2.75, 3.05) is 29.9 Å². The summed E-state index contributed by atoms with van der Waals surface area (Å²) < 4.78 is 6.20. The first-order chi connectivity index (χ1) is 20.0. The number of hydrogen-bond acceptors (Lipinski definition) is 6. The molecule has 0 spiro atoms. The van der Waals surface area contributed by atoms with Crippen LogP contribution in [0.2, 0.25) is 10.0 Å². The van der Waals surface area contributed by atoms with E-state index in [0.29, 0.717) is 27.0 Å². The lowest BCUT2D eigenvalue weighted by Crippen LogP contribution is -2.36. The number of benzene rings is 3. The second kappa shape index (κ2) is 13.7. The minimum atomic E-state index is -0.531. The first-order valence-corrected chi connectivity index (χ1v) is 15.2. The molecule has 42 heavy (non-hydrogen) atoms. The third kappa shape index (κ3) is 7.30. The van der Waals surface area contributed by atoms with Gasteiger partial charge >= 0.3 is 0 Å². The largest absolute Gasteiger partial charge is 0.488 e. The fourth-order valence-electron chi connectivity index (χ4n) is 4.82. The van der Waals surface area contributed by atoms with Crippen LogP contribution in [0, 0.1) is 20.8 Å². The Morgan fingerprint density at radius 2 is 1.69 bits per heavy atom. The van der Waals surface area contributed by atoms with Crippen LogP contribution in [0.5, 0.6) is 5.75 Å². The minimum Gasteiger partial charge on any atom is -0.488 e. The van der Waals surface area contributed by atoms with E-state index in [1.54, 1.807) is 24.3 Å². The molecule has 0 atom stereocenters. The van der Waals surface area contributed by atoms with Gasteiger partial charge in [0.2, 0.25) is 5.91 Å². The Morgan fingerprint density at radius 3 is 2.33 bits per heavy atom. The summed E-state index contributed by atoms with van der Waals surface area (Å²) in [6.07, 6.45) is 1.63. The Labute approximate surface area is 260 Å². The van der Waals surface area contributed by atoms with E-state index in [1.807, 2.05) is 51.1 Å². The average molecular weight is 627 g/mol. The van der Waals surface area contributed by atoms with E-state index in [1.165, 1.54) is 0 Å². The molecule has 0 saturated carbocycles. The van der Waals surface area contributed by atoms with Gasteiger partial charge in [-0.3, -0.25) is 19.3 Å². The first-order valence-electron chi connectivity index (χ1n) is 13.6. The van der Waals surface area contributed by atoms with Crippen LogP contribution in [0.1, 0.15) is 41.7 Å². The summed E-state index contributed by atoms with van der Waals surface area (Å²) in [5, 5.41) is 3.37. The topological polar surface area (TPSA) is 79.0 Å². The van der Waals surface area contributed by atoms with E-state index < -0.39 is 17.1 Å². The summed E-state index contributed by atoms with van der Waals surface area (Å²) in [5.74, 6) is -0.446. The number of aryl methyl sites for hydroxylation is 3. The molecule has 1 aliphatic rings. The van der Waals surface area contributed by atoms with E-state index in [2.05, 4.69) is 24.1 Å². The number of nitrogens with one attached hydrogen (secondary N) is 1. The number of imide groups is 1. The van der Waals surface area contributed by atoms with Crippen LogP contribution in [0.15, 0.2) is 53.4 Å². The molecular weight excluding hydrogens is 593 g/mol. The number of amides is 3. The normalized spacial score (nSPS) is 14.1. The summed E-state index contributed by atoms with van der Waals surface area (Å²) in [6.45, 7) is 11.3. The standard InChI is InChI=1S/C32H33Cl2N3O4S/c1-6-36(7-2)25-11-9-22(27(16-25)41-18-23-8-10-24(33)15-26(23)34)14-28-31(39)37(32(40)42-28)17-29(38)35-30-20(4)12-19(3)13-21(30)5/h8-16H,6-7,17-18H2,1-5H3,(H,35,38). The number of carbonyl (C=O) groups excluding carboxylic acids is 3. The fourth-order valence-corrected chi connectivity index (χ4v) is 6.12. The molecule has 0 aromatic heterocycles. The zero-order valence-electron chi connectivity index (χ0n) is 24.2. The van der Waals surface area contributed by atoms with Crippen LogP contribution in [-0.2, 0) is 16.2 Å². The Balaban J connectivity index is 1.57. The molecule has 1 N–H and O–H groups in total. The van der Waals surface area contributed by atoms with E-state index in [-0.39, 0.29) is 18.1 Å². The third-order valence-electron chi connectivity index (χ3n) is 6.93. The highest BCUT2D eigenvalue weighted by atomic mass is 35.5. The van der Waals surface area contributed by atoms with Gasteiger partial charge < -0.3 is 15.0 Å². The van der Waals surface area contributed by atoms with Crippen molar-refractivity contribution in [2.45, 2.75) is 41.2 Å². The molecular formula is C32H33Cl2N3O4S. The molecule has 1 saturated heterocycles. The van der Waals surface area contributed by atoms with Gasteiger partial charge in [-0.2, -0.15) is 0 Å². The number of hydrogen-bond donors (Lipinski definition) is 1. The van der Waals surface area contributed by atoms with Crippen LogP contribution < -0.4 is 15.0 Å². The zero-order valence-corrected chi connectivity index (χ0v) is 26.5. The molecule has 1 aliphatic heterocycles. The van der Waals surface area contributed by atoms with Gasteiger partial charge in [0.15, 0.2) is 0 Å². The highest BCUT2D eigenvalue weighted by Crippen LogP contribution is 2.36. The second-order valence-electron chi connectivity index (χ2n) is 10.0.